The summed E-state index contributed by atoms with van der Waals surface area (Å²) in [6, 6.07) is 8.15. The van der Waals surface area contributed by atoms with Crippen molar-refractivity contribution in [1.82, 2.24) is 5.32 Å². The fraction of sp³-hybridized carbons (Fsp3) is 0.588. The van der Waals surface area contributed by atoms with E-state index in [-0.39, 0.29) is 24.0 Å². The molecule has 116 valence electrons. The predicted octanol–water partition coefficient (Wildman–Crippen LogP) is 2.66. The van der Waals surface area contributed by atoms with Crippen molar-refractivity contribution in [2.24, 2.45) is 0 Å². The van der Waals surface area contributed by atoms with Gasteiger partial charge in [-0.1, -0.05) is 32.9 Å². The Morgan fingerprint density at radius 1 is 1.24 bits per heavy atom. The molecule has 4 nitrogen and oxygen atoms in total. The van der Waals surface area contributed by atoms with Crippen molar-refractivity contribution in [3.8, 4) is 5.75 Å². The minimum Gasteiger partial charge on any atom is -0.484 e. The topological polar surface area (TPSA) is 47.6 Å². The first-order chi connectivity index (χ1) is 9.95. The summed E-state index contributed by atoms with van der Waals surface area (Å²) in [4.78, 5) is 11.8. The molecule has 4 heteroatoms. The maximum atomic E-state index is 11.8. The number of ether oxygens (including phenoxy) is 2. The van der Waals surface area contributed by atoms with Crippen molar-refractivity contribution in [1.29, 1.82) is 0 Å². The van der Waals surface area contributed by atoms with Crippen LogP contribution in [0.1, 0.15) is 39.2 Å². The van der Waals surface area contributed by atoms with Crippen LogP contribution < -0.4 is 10.1 Å². The quantitative estimate of drug-likeness (QED) is 0.927. The Morgan fingerprint density at radius 3 is 2.43 bits per heavy atom. The highest BCUT2D eigenvalue weighted by atomic mass is 16.5. The van der Waals surface area contributed by atoms with Crippen LogP contribution in [0, 0.1) is 0 Å². The maximum Gasteiger partial charge on any atom is 0.258 e. The number of nitrogens with one attached hydrogen (secondary N) is 1. The lowest BCUT2D eigenvalue weighted by atomic mass is 9.87. The van der Waals surface area contributed by atoms with Crippen LogP contribution in [0.4, 0.5) is 0 Å². The van der Waals surface area contributed by atoms with E-state index in [1.807, 2.05) is 24.3 Å². The SMILES string of the molecule is CC(C)(C)c1ccc(OCC(=O)NC2CCOCC2)cc1. The lowest BCUT2D eigenvalue weighted by molar-refractivity contribution is -0.124. The zero-order valence-corrected chi connectivity index (χ0v) is 13.1. The van der Waals surface area contributed by atoms with Gasteiger partial charge in [0.1, 0.15) is 5.75 Å². The van der Waals surface area contributed by atoms with Gasteiger partial charge < -0.3 is 14.8 Å². The van der Waals surface area contributed by atoms with Gasteiger partial charge in [-0.3, -0.25) is 4.79 Å². The van der Waals surface area contributed by atoms with Crippen molar-refractivity contribution in [3.05, 3.63) is 29.8 Å². The standard InChI is InChI=1S/C17H25NO3/c1-17(2,3)13-4-6-15(7-5-13)21-12-16(19)18-14-8-10-20-11-9-14/h4-7,14H,8-12H2,1-3H3,(H,18,19). The number of rotatable bonds is 4. The smallest absolute Gasteiger partial charge is 0.258 e. The van der Waals surface area contributed by atoms with Gasteiger partial charge in [-0.25, -0.2) is 0 Å². The molecule has 1 amide bonds. The first kappa shape index (κ1) is 15.8. The fourth-order valence-corrected chi connectivity index (χ4v) is 2.31. The molecule has 0 unspecified atom stereocenters. The first-order valence-electron chi connectivity index (χ1n) is 7.55. The highest BCUT2D eigenvalue weighted by Crippen LogP contribution is 2.24. The average Bonchev–Trinajstić information content (AvgIpc) is 2.46. The van der Waals surface area contributed by atoms with Crippen LogP contribution in [0.3, 0.4) is 0 Å². The van der Waals surface area contributed by atoms with Crippen LogP contribution >= 0.6 is 0 Å². The highest BCUT2D eigenvalue weighted by molar-refractivity contribution is 5.77. The van der Waals surface area contributed by atoms with E-state index in [0.717, 1.165) is 31.8 Å². The molecular weight excluding hydrogens is 266 g/mol. The van der Waals surface area contributed by atoms with Gasteiger partial charge in [0.15, 0.2) is 6.61 Å². The monoisotopic (exact) mass is 291 g/mol. The summed E-state index contributed by atoms with van der Waals surface area (Å²) in [5.74, 6) is 0.659. The van der Waals surface area contributed by atoms with Crippen molar-refractivity contribution in [2.45, 2.75) is 45.1 Å². The molecule has 1 aliphatic rings. The van der Waals surface area contributed by atoms with Gasteiger partial charge in [-0.2, -0.15) is 0 Å². The van der Waals surface area contributed by atoms with E-state index in [2.05, 4.69) is 26.1 Å². The summed E-state index contributed by atoms with van der Waals surface area (Å²) in [5.41, 5.74) is 1.38. The van der Waals surface area contributed by atoms with Crippen LogP contribution in [-0.4, -0.2) is 31.8 Å². The van der Waals surface area contributed by atoms with Crippen LogP contribution in [0.5, 0.6) is 5.75 Å². The Morgan fingerprint density at radius 2 is 1.86 bits per heavy atom. The largest absolute Gasteiger partial charge is 0.484 e. The van der Waals surface area contributed by atoms with E-state index in [9.17, 15) is 4.79 Å². The summed E-state index contributed by atoms with van der Waals surface area (Å²) >= 11 is 0. The number of carbonyl (C=O) groups excluding carboxylic acids is 1. The lowest BCUT2D eigenvalue weighted by Crippen LogP contribution is -2.41. The molecular formula is C17H25NO3. The zero-order chi connectivity index (χ0) is 15.3. The summed E-state index contributed by atoms with van der Waals surface area (Å²) < 4.78 is 10.8. The number of amides is 1. The molecule has 1 aromatic carbocycles. The van der Waals surface area contributed by atoms with Gasteiger partial charge in [-0.05, 0) is 36.0 Å². The molecule has 1 heterocycles. The Labute approximate surface area is 126 Å². The average molecular weight is 291 g/mol. The fourth-order valence-electron chi connectivity index (χ4n) is 2.31. The highest BCUT2D eigenvalue weighted by Gasteiger charge is 2.16. The second-order valence-corrected chi connectivity index (χ2v) is 6.52. The number of hydrogen-bond donors (Lipinski definition) is 1. The minimum atomic E-state index is -0.0678. The Balaban J connectivity index is 1.78. The second kappa shape index (κ2) is 6.94. The molecule has 1 aliphatic heterocycles. The first-order valence-corrected chi connectivity index (χ1v) is 7.55. The van der Waals surface area contributed by atoms with Crippen molar-refractivity contribution in [2.75, 3.05) is 19.8 Å². The molecule has 0 saturated carbocycles. The molecule has 1 aromatic rings. The van der Waals surface area contributed by atoms with Crippen molar-refractivity contribution < 1.29 is 14.3 Å². The Kier molecular flexibility index (Phi) is 5.23. The molecule has 0 spiro atoms. The summed E-state index contributed by atoms with van der Waals surface area (Å²) in [6.07, 6.45) is 1.76. The van der Waals surface area contributed by atoms with Gasteiger partial charge in [0, 0.05) is 19.3 Å². The lowest BCUT2D eigenvalue weighted by Gasteiger charge is -2.23. The summed E-state index contributed by atoms with van der Waals surface area (Å²) in [7, 11) is 0. The number of carbonyl (C=O) groups is 1. The van der Waals surface area contributed by atoms with E-state index in [1.54, 1.807) is 0 Å². The van der Waals surface area contributed by atoms with Gasteiger partial charge in [0.2, 0.25) is 0 Å². The Bertz CT molecular complexity index is 456. The van der Waals surface area contributed by atoms with E-state index < -0.39 is 0 Å². The molecule has 0 aromatic heterocycles. The third-order valence-corrected chi connectivity index (χ3v) is 3.68. The van der Waals surface area contributed by atoms with Crippen LogP contribution in [0.15, 0.2) is 24.3 Å². The van der Waals surface area contributed by atoms with Gasteiger partial charge in [0.25, 0.3) is 5.91 Å². The third-order valence-electron chi connectivity index (χ3n) is 3.68. The summed E-state index contributed by atoms with van der Waals surface area (Å²) in [6.45, 7) is 8.02. The minimum absolute atomic E-state index is 0.0617. The molecule has 2 rings (SSSR count). The molecule has 0 atom stereocenters. The molecule has 0 aliphatic carbocycles. The van der Waals surface area contributed by atoms with E-state index >= 15 is 0 Å². The van der Waals surface area contributed by atoms with Crippen molar-refractivity contribution >= 4 is 5.91 Å². The van der Waals surface area contributed by atoms with Crippen molar-refractivity contribution in [3.63, 3.8) is 0 Å². The molecule has 0 bridgehead atoms. The Hall–Kier alpha value is -1.55. The van der Waals surface area contributed by atoms with E-state index in [1.165, 1.54) is 5.56 Å². The molecule has 21 heavy (non-hydrogen) atoms. The number of hydrogen-bond acceptors (Lipinski definition) is 3. The second-order valence-electron chi connectivity index (χ2n) is 6.52. The van der Waals surface area contributed by atoms with Gasteiger partial charge in [0.05, 0.1) is 0 Å². The molecule has 1 fully saturated rings. The normalized spacial score (nSPS) is 16.5. The predicted molar refractivity (Wildman–Crippen MR) is 82.6 cm³/mol. The molecule has 0 radical (unpaired) electrons. The molecule has 1 saturated heterocycles. The molecule has 1 N–H and O–H groups in total. The van der Waals surface area contributed by atoms with Gasteiger partial charge >= 0.3 is 0 Å². The summed E-state index contributed by atoms with van der Waals surface area (Å²) in [5, 5.41) is 2.98. The van der Waals surface area contributed by atoms with Crippen LogP contribution in [0.25, 0.3) is 0 Å². The van der Waals surface area contributed by atoms with E-state index in [0.29, 0.717) is 0 Å². The van der Waals surface area contributed by atoms with Crippen LogP contribution in [-0.2, 0) is 14.9 Å². The van der Waals surface area contributed by atoms with Gasteiger partial charge in [-0.15, -0.1) is 0 Å². The third kappa shape index (κ3) is 5.05. The number of benzene rings is 1. The van der Waals surface area contributed by atoms with Crippen LogP contribution in [0.2, 0.25) is 0 Å². The van der Waals surface area contributed by atoms with E-state index in [4.69, 9.17) is 9.47 Å². The zero-order valence-electron chi connectivity index (χ0n) is 13.1. The maximum absolute atomic E-state index is 11.8.